The molecule has 51 heavy (non-hydrogen) atoms. The molecule has 2 bridgehead atoms. The molecular formula is C42H49ClN2O5S. The monoisotopic (exact) mass is 728 g/mol. The number of halogens is 1. The molecule has 270 valence electrons. The molecule has 0 saturated heterocycles. The van der Waals surface area contributed by atoms with Crippen molar-refractivity contribution in [2.45, 2.75) is 76.2 Å². The van der Waals surface area contributed by atoms with Crippen LogP contribution in [-0.4, -0.2) is 60.3 Å². The number of ether oxygens (including phenoxy) is 2. The van der Waals surface area contributed by atoms with Crippen molar-refractivity contribution in [1.82, 2.24) is 0 Å². The Kier molecular flexibility index (Phi) is 10.7. The van der Waals surface area contributed by atoms with Gasteiger partial charge in [-0.1, -0.05) is 59.6 Å². The molecule has 1 spiro atoms. The molecule has 7 rings (SSSR count). The van der Waals surface area contributed by atoms with Crippen molar-refractivity contribution >= 4 is 38.7 Å². The maximum atomic E-state index is 14.4. The number of nitrogens with zero attached hydrogens (tertiary/aromatic N) is 2. The number of carbonyl (C=O) groups excluding carboxylic acids is 2. The highest BCUT2D eigenvalue weighted by Gasteiger charge is 2.44. The summed E-state index contributed by atoms with van der Waals surface area (Å²) < 4.78 is 31.5. The number of anilines is 1. The molecular weight excluding hydrogens is 680 g/mol. The second-order valence-corrected chi connectivity index (χ2v) is 18.0. The van der Waals surface area contributed by atoms with Crippen LogP contribution in [0.2, 0.25) is 5.02 Å². The average Bonchev–Trinajstić information content (AvgIpc) is 3.25. The van der Waals surface area contributed by atoms with Gasteiger partial charge in [-0.3, -0.25) is 9.59 Å². The summed E-state index contributed by atoms with van der Waals surface area (Å²) in [7, 11) is -1.37. The van der Waals surface area contributed by atoms with Gasteiger partial charge in [-0.15, -0.1) is 0 Å². The number of Topliss-reactive ketones (excluding diaryl/α,β-unsaturated/α-hetero) is 1. The number of fused-ring (bicyclic) bond motifs is 4. The van der Waals surface area contributed by atoms with Crippen molar-refractivity contribution in [2.24, 2.45) is 16.2 Å². The molecule has 2 heterocycles. The number of hydrogen-bond acceptors (Lipinski definition) is 6. The SMILES string of the molecule is CO[C@H]1/C=C/CCC[S@@](=O)(CC(=O)CCc2ccc(Cl)cc2)=NC(=O)c2ccc3c(c2)N(C[C@@H]2CC[C@H]21)C[C@@]1(CCCc2cc(C)ccc21)CO3. The second-order valence-electron chi connectivity index (χ2n) is 15.1. The van der Waals surface area contributed by atoms with Gasteiger partial charge in [0.2, 0.25) is 0 Å². The first-order valence-electron chi connectivity index (χ1n) is 18.5. The zero-order chi connectivity index (χ0) is 35.6. The van der Waals surface area contributed by atoms with E-state index in [9.17, 15) is 13.8 Å². The maximum Gasteiger partial charge on any atom is 0.285 e. The predicted octanol–water partition coefficient (Wildman–Crippen LogP) is 8.32. The van der Waals surface area contributed by atoms with Crippen LogP contribution < -0.4 is 9.64 Å². The molecule has 1 amide bonds. The van der Waals surface area contributed by atoms with Crippen LogP contribution in [-0.2, 0) is 37.5 Å². The third kappa shape index (κ3) is 7.98. The van der Waals surface area contributed by atoms with E-state index in [-0.39, 0.29) is 35.2 Å². The van der Waals surface area contributed by atoms with Gasteiger partial charge in [-0.05, 0) is 117 Å². The summed E-state index contributed by atoms with van der Waals surface area (Å²) in [6, 6.07) is 19.7. The summed E-state index contributed by atoms with van der Waals surface area (Å²) >= 11 is 6.03. The highest BCUT2D eigenvalue weighted by molar-refractivity contribution is 7.94. The second kappa shape index (κ2) is 15.3. The van der Waals surface area contributed by atoms with Crippen LogP contribution in [0.5, 0.6) is 5.75 Å². The van der Waals surface area contributed by atoms with Crippen molar-refractivity contribution in [2.75, 3.05) is 43.2 Å². The van der Waals surface area contributed by atoms with Gasteiger partial charge < -0.3 is 14.4 Å². The normalized spacial score (nSPS) is 28.3. The van der Waals surface area contributed by atoms with Gasteiger partial charge in [-0.2, -0.15) is 4.36 Å². The topological polar surface area (TPSA) is 85.3 Å². The van der Waals surface area contributed by atoms with Gasteiger partial charge in [0.1, 0.15) is 11.5 Å². The molecule has 3 aromatic carbocycles. The van der Waals surface area contributed by atoms with Gasteiger partial charge in [0, 0.05) is 48.4 Å². The Bertz CT molecular complexity index is 1930. The minimum absolute atomic E-state index is 0.0110. The smallest absolute Gasteiger partial charge is 0.285 e. The van der Waals surface area contributed by atoms with E-state index >= 15 is 0 Å². The van der Waals surface area contributed by atoms with Crippen molar-refractivity contribution in [3.63, 3.8) is 0 Å². The number of allylic oxidation sites excluding steroid dienone is 1. The number of ketones is 1. The molecule has 9 heteroatoms. The summed E-state index contributed by atoms with van der Waals surface area (Å²) in [6.45, 7) is 4.32. The molecule has 7 nitrogen and oxygen atoms in total. The Labute approximate surface area is 307 Å². The lowest BCUT2D eigenvalue weighted by atomic mass is 9.68. The molecule has 1 fully saturated rings. The van der Waals surface area contributed by atoms with Crippen LogP contribution in [0.4, 0.5) is 5.69 Å². The molecule has 2 aliphatic carbocycles. The van der Waals surface area contributed by atoms with Crippen LogP contribution in [0.25, 0.3) is 0 Å². The first kappa shape index (κ1) is 35.9. The van der Waals surface area contributed by atoms with E-state index in [0.29, 0.717) is 48.3 Å². The highest BCUT2D eigenvalue weighted by atomic mass is 35.5. The average molecular weight is 729 g/mol. The standard InChI is InChI=1S/C42H49ClN2O5S/c1-29-9-19-37-31(23-29)7-6-21-42(37)27-45-25-33-13-18-36(33)39(49-2)8-4-3-5-22-51(48,26-35(46)17-12-30-10-15-34(43)16-11-30)44-41(47)32-14-20-40(50-28-42)38(45)24-32/h4,8-11,14-16,19-20,23-24,33,36,39H,3,5-7,12-13,17-18,21-22,25-28H2,1-2H3/b8-4+/t33-,36+,39-,42-,51+/m0/s1. The van der Waals surface area contributed by atoms with Crippen LogP contribution in [0.3, 0.4) is 0 Å². The van der Waals surface area contributed by atoms with Crippen LogP contribution >= 0.6 is 11.6 Å². The first-order chi connectivity index (χ1) is 24.6. The van der Waals surface area contributed by atoms with E-state index in [1.807, 2.05) is 24.3 Å². The fourth-order valence-electron chi connectivity index (χ4n) is 8.61. The number of aryl methyl sites for hydroxylation is 3. The number of methoxy groups -OCH3 is 1. The molecule has 3 aromatic rings. The molecule has 0 aromatic heterocycles. The minimum Gasteiger partial charge on any atom is -0.490 e. The Hall–Kier alpha value is -3.46. The Morgan fingerprint density at radius 3 is 2.73 bits per heavy atom. The lowest BCUT2D eigenvalue weighted by Gasteiger charge is -2.46. The zero-order valence-electron chi connectivity index (χ0n) is 29.8. The Morgan fingerprint density at radius 2 is 1.94 bits per heavy atom. The summed E-state index contributed by atoms with van der Waals surface area (Å²) in [6.07, 6.45) is 11.6. The third-order valence-corrected chi connectivity index (χ3v) is 14.0. The van der Waals surface area contributed by atoms with E-state index in [1.54, 1.807) is 25.3 Å². The number of amides is 1. The quantitative estimate of drug-likeness (QED) is 0.238. The number of carbonyl (C=O) groups is 2. The van der Waals surface area contributed by atoms with E-state index in [1.165, 1.54) is 16.7 Å². The van der Waals surface area contributed by atoms with Crippen molar-refractivity contribution in [3.8, 4) is 5.75 Å². The van der Waals surface area contributed by atoms with Crippen molar-refractivity contribution in [1.29, 1.82) is 0 Å². The predicted molar refractivity (Wildman–Crippen MR) is 205 cm³/mol. The van der Waals surface area contributed by atoms with Gasteiger partial charge in [0.05, 0.1) is 33.9 Å². The molecule has 0 N–H and O–H groups in total. The largest absolute Gasteiger partial charge is 0.490 e. The lowest BCUT2D eigenvalue weighted by molar-refractivity contribution is -0.116. The number of rotatable bonds is 6. The van der Waals surface area contributed by atoms with Gasteiger partial charge in [0.25, 0.3) is 5.91 Å². The summed E-state index contributed by atoms with van der Waals surface area (Å²) in [4.78, 5) is 29.6. The summed E-state index contributed by atoms with van der Waals surface area (Å²) in [5.41, 5.74) is 6.08. The van der Waals surface area contributed by atoms with Crippen molar-refractivity contribution in [3.05, 3.63) is 106 Å². The molecule has 1 saturated carbocycles. The molecule has 5 atom stereocenters. The van der Waals surface area contributed by atoms with Crippen molar-refractivity contribution < 1.29 is 23.3 Å². The third-order valence-electron chi connectivity index (χ3n) is 11.5. The lowest BCUT2D eigenvalue weighted by Crippen LogP contribution is -2.49. The highest BCUT2D eigenvalue weighted by Crippen LogP contribution is 2.47. The maximum absolute atomic E-state index is 14.4. The fraction of sp³-hybridized carbons (Fsp3) is 0.476. The molecule has 4 aliphatic rings. The number of benzene rings is 3. The van der Waals surface area contributed by atoms with Crippen LogP contribution in [0.1, 0.15) is 77.6 Å². The van der Waals surface area contributed by atoms with E-state index in [4.69, 9.17) is 21.1 Å². The van der Waals surface area contributed by atoms with Gasteiger partial charge in [0.15, 0.2) is 0 Å². The van der Waals surface area contributed by atoms with E-state index < -0.39 is 15.6 Å². The zero-order valence-corrected chi connectivity index (χ0v) is 31.4. The van der Waals surface area contributed by atoms with E-state index in [2.05, 4.69) is 46.5 Å². The first-order valence-corrected chi connectivity index (χ1v) is 20.7. The van der Waals surface area contributed by atoms with Gasteiger partial charge >= 0.3 is 0 Å². The summed E-state index contributed by atoms with van der Waals surface area (Å²) in [5, 5.41) is 0.635. The fourth-order valence-corrected chi connectivity index (χ4v) is 10.7. The van der Waals surface area contributed by atoms with Gasteiger partial charge in [-0.25, -0.2) is 4.21 Å². The van der Waals surface area contributed by atoms with E-state index in [0.717, 1.165) is 62.2 Å². The Morgan fingerprint density at radius 1 is 1.10 bits per heavy atom. The number of hydrogen-bond donors (Lipinski definition) is 0. The molecule has 0 unspecified atom stereocenters. The summed E-state index contributed by atoms with van der Waals surface area (Å²) in [5.74, 6) is 0.768. The van der Waals surface area contributed by atoms with Crippen LogP contribution in [0.15, 0.2) is 77.2 Å². The minimum atomic E-state index is -3.16. The Balaban J connectivity index is 1.23. The van der Waals surface area contributed by atoms with Crippen LogP contribution in [0, 0.1) is 18.8 Å². The molecule has 0 radical (unpaired) electrons. The molecule has 2 aliphatic heterocycles.